The molecule has 0 bridgehead atoms. The normalized spacial score (nSPS) is 36.0. The Labute approximate surface area is 112 Å². The summed E-state index contributed by atoms with van der Waals surface area (Å²) in [6.07, 6.45) is 0.326. The van der Waals surface area contributed by atoms with Gasteiger partial charge in [-0.15, -0.1) is 0 Å². The molecular weight excluding hydrogens is 244 g/mol. The van der Waals surface area contributed by atoms with Gasteiger partial charge in [0.25, 0.3) is 0 Å². The van der Waals surface area contributed by atoms with Crippen molar-refractivity contribution in [2.24, 2.45) is 5.92 Å². The number of hydrogen-bond acceptors (Lipinski definition) is 4. The largest absolute Gasteiger partial charge is 0.385 e. The van der Waals surface area contributed by atoms with Gasteiger partial charge in [-0.3, -0.25) is 4.79 Å². The van der Waals surface area contributed by atoms with E-state index in [9.17, 15) is 15.0 Å². The molecule has 3 rings (SSSR count). The number of aliphatic hydroxyl groups excluding tert-OH is 1. The van der Waals surface area contributed by atoms with Crippen LogP contribution in [-0.4, -0.2) is 34.3 Å². The van der Waals surface area contributed by atoms with Crippen LogP contribution in [0.2, 0.25) is 0 Å². The van der Waals surface area contributed by atoms with Gasteiger partial charge < -0.3 is 14.9 Å². The van der Waals surface area contributed by atoms with Crippen LogP contribution in [0.3, 0.4) is 0 Å². The second kappa shape index (κ2) is 4.71. The summed E-state index contributed by atoms with van der Waals surface area (Å²) in [5.41, 5.74) is -0.700. The minimum atomic E-state index is -1.36. The average molecular weight is 262 g/mol. The maximum atomic E-state index is 11.6. The summed E-state index contributed by atoms with van der Waals surface area (Å²) >= 11 is 0. The Morgan fingerprint density at radius 2 is 2.05 bits per heavy atom. The Balaban J connectivity index is 1.88. The molecule has 19 heavy (non-hydrogen) atoms. The smallest absolute Gasteiger partial charge is 0.133 e. The van der Waals surface area contributed by atoms with Crippen molar-refractivity contribution in [1.29, 1.82) is 0 Å². The van der Waals surface area contributed by atoms with Crippen molar-refractivity contribution in [2.45, 2.75) is 37.1 Å². The monoisotopic (exact) mass is 262 g/mol. The molecule has 0 unspecified atom stereocenters. The fourth-order valence-electron chi connectivity index (χ4n) is 3.23. The minimum Gasteiger partial charge on any atom is -0.385 e. The summed E-state index contributed by atoms with van der Waals surface area (Å²) < 4.78 is 5.60. The quantitative estimate of drug-likeness (QED) is 0.841. The van der Waals surface area contributed by atoms with Crippen LogP contribution in [0.5, 0.6) is 0 Å². The van der Waals surface area contributed by atoms with E-state index in [0.717, 1.165) is 0 Å². The number of ether oxygens (including phenoxy) is 1. The Hall–Kier alpha value is -1.23. The molecule has 0 amide bonds. The maximum absolute atomic E-state index is 11.6. The van der Waals surface area contributed by atoms with Gasteiger partial charge in [0.05, 0.1) is 12.7 Å². The van der Waals surface area contributed by atoms with Crippen molar-refractivity contribution in [1.82, 2.24) is 0 Å². The molecule has 1 saturated heterocycles. The van der Waals surface area contributed by atoms with Gasteiger partial charge in [-0.25, -0.2) is 0 Å². The molecular formula is C15H18O4. The molecule has 4 nitrogen and oxygen atoms in total. The first-order chi connectivity index (χ1) is 9.11. The van der Waals surface area contributed by atoms with E-state index >= 15 is 0 Å². The predicted molar refractivity (Wildman–Crippen MR) is 68.4 cm³/mol. The zero-order valence-corrected chi connectivity index (χ0v) is 10.7. The number of carbonyl (C=O) groups is 1. The van der Waals surface area contributed by atoms with Crippen LogP contribution in [0.15, 0.2) is 30.3 Å². The van der Waals surface area contributed by atoms with E-state index in [0.29, 0.717) is 24.8 Å². The number of carbonyl (C=O) groups excluding carboxylic acids is 1. The Kier molecular flexibility index (Phi) is 3.17. The summed E-state index contributed by atoms with van der Waals surface area (Å²) in [4.78, 5) is 11.6. The highest BCUT2D eigenvalue weighted by Gasteiger charge is 2.54. The zero-order chi connectivity index (χ0) is 13.5. The molecule has 0 aromatic heterocycles. The molecule has 1 aliphatic heterocycles. The van der Waals surface area contributed by atoms with Gasteiger partial charge >= 0.3 is 0 Å². The summed E-state index contributed by atoms with van der Waals surface area (Å²) in [5.74, 6) is -0.158. The van der Waals surface area contributed by atoms with E-state index in [4.69, 9.17) is 4.74 Å². The van der Waals surface area contributed by atoms with Crippen molar-refractivity contribution in [3.8, 4) is 0 Å². The number of Topliss-reactive ketones (excluding diaryl/α,β-unsaturated/α-hetero) is 1. The van der Waals surface area contributed by atoms with E-state index in [1.54, 1.807) is 12.1 Å². The number of benzene rings is 1. The zero-order valence-electron chi connectivity index (χ0n) is 10.7. The van der Waals surface area contributed by atoms with Crippen LogP contribution in [0.4, 0.5) is 0 Å². The van der Waals surface area contributed by atoms with Crippen molar-refractivity contribution in [2.75, 3.05) is 6.61 Å². The van der Waals surface area contributed by atoms with Gasteiger partial charge in [0.2, 0.25) is 0 Å². The summed E-state index contributed by atoms with van der Waals surface area (Å²) in [6.45, 7) is 0.0890. The molecule has 4 heteroatoms. The third-order valence-electron chi connectivity index (χ3n) is 4.36. The molecule has 2 N–H and O–H groups in total. The van der Waals surface area contributed by atoms with Crippen molar-refractivity contribution in [3.05, 3.63) is 35.9 Å². The number of ketones is 1. The lowest BCUT2D eigenvalue weighted by atomic mass is 9.73. The fourth-order valence-corrected chi connectivity index (χ4v) is 3.23. The van der Waals surface area contributed by atoms with Crippen LogP contribution < -0.4 is 0 Å². The standard InChI is InChI=1S/C15H18O4/c16-11-6-7-13-12(8-11)15(18,9-19-13)14(17)10-4-2-1-3-5-10/h1-5,12-14,17-18H,6-9H2/t12-,13+,14-,15-/m0/s1. The third-order valence-corrected chi connectivity index (χ3v) is 4.36. The highest BCUT2D eigenvalue weighted by atomic mass is 16.5. The van der Waals surface area contributed by atoms with Gasteiger partial charge in [0.15, 0.2) is 0 Å². The van der Waals surface area contributed by atoms with Gasteiger partial charge in [-0.2, -0.15) is 0 Å². The topological polar surface area (TPSA) is 66.8 Å². The molecule has 0 spiro atoms. The number of hydrogen-bond donors (Lipinski definition) is 2. The number of aliphatic hydroxyl groups is 2. The lowest BCUT2D eigenvalue weighted by Gasteiger charge is -2.36. The highest BCUT2D eigenvalue weighted by Crippen LogP contribution is 2.45. The molecule has 1 aromatic rings. The van der Waals surface area contributed by atoms with E-state index in [-0.39, 0.29) is 24.4 Å². The van der Waals surface area contributed by atoms with Crippen molar-refractivity contribution in [3.63, 3.8) is 0 Å². The summed E-state index contributed by atoms with van der Waals surface area (Å²) in [7, 11) is 0. The van der Waals surface area contributed by atoms with E-state index in [1.165, 1.54) is 0 Å². The van der Waals surface area contributed by atoms with Crippen LogP contribution in [-0.2, 0) is 9.53 Å². The number of fused-ring (bicyclic) bond motifs is 1. The first-order valence-corrected chi connectivity index (χ1v) is 6.70. The Morgan fingerprint density at radius 1 is 1.32 bits per heavy atom. The minimum absolute atomic E-state index is 0.0890. The average Bonchev–Trinajstić information content (AvgIpc) is 2.77. The second-order valence-corrected chi connectivity index (χ2v) is 5.54. The molecule has 1 saturated carbocycles. The number of rotatable bonds is 2. The van der Waals surface area contributed by atoms with Crippen molar-refractivity contribution < 1.29 is 19.7 Å². The molecule has 0 radical (unpaired) electrons. The second-order valence-electron chi connectivity index (χ2n) is 5.54. The predicted octanol–water partition coefficient (Wildman–Crippen LogP) is 1.22. The molecule has 1 aromatic carbocycles. The first kappa shape index (κ1) is 12.8. The van der Waals surface area contributed by atoms with Crippen LogP contribution >= 0.6 is 0 Å². The third kappa shape index (κ3) is 2.10. The first-order valence-electron chi connectivity index (χ1n) is 6.70. The molecule has 1 aliphatic carbocycles. The lowest BCUT2D eigenvalue weighted by Crippen LogP contribution is -2.47. The molecule has 1 heterocycles. The van der Waals surface area contributed by atoms with E-state index in [2.05, 4.69) is 0 Å². The highest BCUT2D eigenvalue weighted by molar-refractivity contribution is 5.79. The van der Waals surface area contributed by atoms with Gasteiger partial charge in [-0.1, -0.05) is 30.3 Å². The van der Waals surface area contributed by atoms with Gasteiger partial charge in [0, 0.05) is 18.8 Å². The van der Waals surface area contributed by atoms with E-state index < -0.39 is 11.7 Å². The molecule has 2 aliphatic rings. The fraction of sp³-hybridized carbons (Fsp3) is 0.533. The molecule has 4 atom stereocenters. The van der Waals surface area contributed by atoms with Crippen LogP contribution in [0.1, 0.15) is 30.9 Å². The van der Waals surface area contributed by atoms with Gasteiger partial charge in [0.1, 0.15) is 17.5 Å². The molecule has 2 fully saturated rings. The van der Waals surface area contributed by atoms with Crippen LogP contribution in [0.25, 0.3) is 0 Å². The summed E-state index contributed by atoms with van der Waals surface area (Å²) in [6, 6.07) is 9.06. The SMILES string of the molecule is O=C1CC[C@H]2OC[C@@](O)([C@@H](O)c3ccccc3)[C@H]2C1. The van der Waals surface area contributed by atoms with E-state index in [1.807, 2.05) is 18.2 Å². The molecule has 102 valence electrons. The van der Waals surface area contributed by atoms with Crippen LogP contribution in [0, 0.1) is 5.92 Å². The maximum Gasteiger partial charge on any atom is 0.133 e. The Bertz CT molecular complexity index is 472. The Morgan fingerprint density at radius 3 is 2.79 bits per heavy atom. The van der Waals surface area contributed by atoms with Crippen molar-refractivity contribution >= 4 is 5.78 Å². The lowest BCUT2D eigenvalue weighted by molar-refractivity contribution is -0.131. The van der Waals surface area contributed by atoms with Gasteiger partial charge in [-0.05, 0) is 12.0 Å². The summed E-state index contributed by atoms with van der Waals surface area (Å²) in [5, 5.41) is 21.3.